The zero-order valence-electron chi connectivity index (χ0n) is 16.1. The van der Waals surface area contributed by atoms with E-state index in [9.17, 15) is 14.0 Å². The number of halogens is 1. The van der Waals surface area contributed by atoms with Gasteiger partial charge in [0.2, 0.25) is 5.91 Å². The number of nitrogens with zero attached hydrogens (tertiary/aromatic N) is 1. The van der Waals surface area contributed by atoms with E-state index in [-0.39, 0.29) is 23.8 Å². The lowest BCUT2D eigenvalue weighted by molar-refractivity contribution is -0.125. The Bertz CT molecular complexity index is 608. The van der Waals surface area contributed by atoms with Crippen LogP contribution in [-0.4, -0.2) is 47.9 Å². The molecule has 1 aliphatic heterocycles. The Morgan fingerprint density at radius 2 is 1.65 bits per heavy atom. The minimum Gasteiger partial charge on any atom is -0.351 e. The summed E-state index contributed by atoms with van der Waals surface area (Å²) >= 11 is 0. The van der Waals surface area contributed by atoms with Gasteiger partial charge in [-0.15, -0.1) is 0 Å². The van der Waals surface area contributed by atoms with Gasteiger partial charge in [-0.25, -0.2) is 4.39 Å². The number of likely N-dealkylation sites (tertiary alicyclic amines) is 1. The zero-order chi connectivity index (χ0) is 19.3. The Morgan fingerprint density at radius 3 is 2.15 bits per heavy atom. The average molecular weight is 363 g/mol. The summed E-state index contributed by atoms with van der Waals surface area (Å²) in [4.78, 5) is 27.5. The van der Waals surface area contributed by atoms with Gasteiger partial charge in [0.25, 0.3) is 5.91 Å². The smallest absolute Gasteiger partial charge is 0.251 e. The third kappa shape index (κ3) is 5.53. The highest BCUT2D eigenvalue weighted by Crippen LogP contribution is 2.14. The van der Waals surface area contributed by atoms with Gasteiger partial charge in [0.1, 0.15) is 11.9 Å². The Balaban J connectivity index is 1.93. The fourth-order valence-electron chi connectivity index (χ4n) is 3.21. The van der Waals surface area contributed by atoms with E-state index >= 15 is 0 Å². The summed E-state index contributed by atoms with van der Waals surface area (Å²) in [6.45, 7) is 10.1. The molecule has 1 aliphatic rings. The summed E-state index contributed by atoms with van der Waals surface area (Å²) in [6.07, 6.45) is 1.83. The van der Waals surface area contributed by atoms with E-state index in [0.717, 1.165) is 25.9 Å². The topological polar surface area (TPSA) is 61.4 Å². The number of hydrogen-bond acceptors (Lipinski definition) is 3. The predicted molar refractivity (Wildman–Crippen MR) is 100 cm³/mol. The third-order valence-corrected chi connectivity index (χ3v) is 4.95. The van der Waals surface area contributed by atoms with Crippen molar-refractivity contribution in [2.75, 3.05) is 13.1 Å². The SMILES string of the molecule is CC(C)C(NC(=O)c1ccc(F)cc1)C(=O)NC1CCN(C(C)C)CC1. The van der Waals surface area contributed by atoms with Crippen molar-refractivity contribution >= 4 is 11.8 Å². The van der Waals surface area contributed by atoms with Crippen molar-refractivity contribution in [2.45, 2.75) is 58.7 Å². The third-order valence-electron chi connectivity index (χ3n) is 4.95. The lowest BCUT2D eigenvalue weighted by atomic mass is 9.99. The second-order valence-corrected chi connectivity index (χ2v) is 7.61. The summed E-state index contributed by atoms with van der Waals surface area (Å²) in [5, 5.41) is 5.87. The zero-order valence-corrected chi connectivity index (χ0v) is 16.1. The molecule has 1 aromatic carbocycles. The van der Waals surface area contributed by atoms with Gasteiger partial charge in [0.05, 0.1) is 0 Å². The predicted octanol–water partition coefficient (Wildman–Crippen LogP) is 2.57. The van der Waals surface area contributed by atoms with E-state index in [1.807, 2.05) is 13.8 Å². The second kappa shape index (κ2) is 9.12. The molecule has 144 valence electrons. The van der Waals surface area contributed by atoms with E-state index < -0.39 is 11.9 Å². The standard InChI is InChI=1S/C20H30FN3O2/c1-13(2)18(23-19(25)15-5-7-16(21)8-6-15)20(26)22-17-9-11-24(12-10-17)14(3)4/h5-8,13-14,17-18H,9-12H2,1-4H3,(H,22,26)(H,23,25). The van der Waals surface area contributed by atoms with Crippen LogP contribution < -0.4 is 10.6 Å². The van der Waals surface area contributed by atoms with Gasteiger partial charge in [-0.1, -0.05) is 13.8 Å². The summed E-state index contributed by atoms with van der Waals surface area (Å²) < 4.78 is 13.0. The fraction of sp³-hybridized carbons (Fsp3) is 0.600. The lowest BCUT2D eigenvalue weighted by Gasteiger charge is -2.35. The number of carbonyl (C=O) groups excluding carboxylic acids is 2. The first-order valence-electron chi connectivity index (χ1n) is 9.38. The number of amides is 2. The largest absolute Gasteiger partial charge is 0.351 e. The van der Waals surface area contributed by atoms with Crippen molar-refractivity contribution in [2.24, 2.45) is 5.92 Å². The summed E-state index contributed by atoms with van der Waals surface area (Å²) in [6, 6.07) is 5.36. The van der Waals surface area contributed by atoms with Gasteiger partial charge in [0, 0.05) is 30.7 Å². The molecule has 2 amide bonds. The summed E-state index contributed by atoms with van der Waals surface area (Å²) in [5.74, 6) is -0.963. The Hall–Kier alpha value is -1.95. The molecule has 0 saturated carbocycles. The molecule has 26 heavy (non-hydrogen) atoms. The van der Waals surface area contributed by atoms with Gasteiger partial charge in [-0.3, -0.25) is 9.59 Å². The van der Waals surface area contributed by atoms with Crippen molar-refractivity contribution in [3.05, 3.63) is 35.6 Å². The average Bonchev–Trinajstić information content (AvgIpc) is 2.60. The highest BCUT2D eigenvalue weighted by Gasteiger charge is 2.28. The van der Waals surface area contributed by atoms with E-state index in [2.05, 4.69) is 29.4 Å². The number of carbonyl (C=O) groups is 2. The van der Waals surface area contributed by atoms with Gasteiger partial charge in [-0.2, -0.15) is 0 Å². The maximum Gasteiger partial charge on any atom is 0.251 e. The first-order chi connectivity index (χ1) is 12.3. The minimum absolute atomic E-state index is 0.0462. The van der Waals surface area contributed by atoms with Gasteiger partial charge < -0.3 is 15.5 Å². The number of benzene rings is 1. The van der Waals surface area contributed by atoms with Crippen LogP contribution in [0.1, 0.15) is 50.9 Å². The van der Waals surface area contributed by atoms with Crippen molar-refractivity contribution in [3.63, 3.8) is 0 Å². The van der Waals surface area contributed by atoms with Gasteiger partial charge in [-0.05, 0) is 56.9 Å². The van der Waals surface area contributed by atoms with E-state index in [0.29, 0.717) is 11.6 Å². The van der Waals surface area contributed by atoms with Crippen LogP contribution in [0.3, 0.4) is 0 Å². The normalized spacial score (nSPS) is 17.3. The van der Waals surface area contributed by atoms with Crippen LogP contribution >= 0.6 is 0 Å². The first-order valence-corrected chi connectivity index (χ1v) is 9.38. The maximum atomic E-state index is 13.0. The molecule has 2 N–H and O–H groups in total. The quantitative estimate of drug-likeness (QED) is 0.817. The molecule has 1 aromatic rings. The minimum atomic E-state index is -0.615. The Kier molecular flexibility index (Phi) is 7.14. The molecule has 1 heterocycles. The van der Waals surface area contributed by atoms with Crippen molar-refractivity contribution in [1.29, 1.82) is 0 Å². The van der Waals surface area contributed by atoms with Crippen LogP contribution in [-0.2, 0) is 4.79 Å². The van der Waals surface area contributed by atoms with Crippen LogP contribution in [0, 0.1) is 11.7 Å². The fourth-order valence-corrected chi connectivity index (χ4v) is 3.21. The number of rotatable bonds is 6. The van der Waals surface area contributed by atoms with E-state index in [4.69, 9.17) is 0 Å². The highest BCUT2D eigenvalue weighted by molar-refractivity contribution is 5.97. The molecule has 1 atom stereocenters. The summed E-state index contributed by atoms with van der Waals surface area (Å²) in [5.41, 5.74) is 0.343. The molecule has 0 bridgehead atoms. The van der Waals surface area contributed by atoms with Gasteiger partial charge >= 0.3 is 0 Å². The molecular weight excluding hydrogens is 333 g/mol. The lowest BCUT2D eigenvalue weighted by Crippen LogP contribution is -2.54. The van der Waals surface area contributed by atoms with Crippen LogP contribution in [0.15, 0.2) is 24.3 Å². The van der Waals surface area contributed by atoms with E-state index in [1.54, 1.807) is 0 Å². The van der Waals surface area contributed by atoms with Crippen LogP contribution in [0.25, 0.3) is 0 Å². The summed E-state index contributed by atoms with van der Waals surface area (Å²) in [7, 11) is 0. The van der Waals surface area contributed by atoms with Crippen LogP contribution in [0.5, 0.6) is 0 Å². The maximum absolute atomic E-state index is 13.0. The Morgan fingerprint density at radius 1 is 1.08 bits per heavy atom. The van der Waals surface area contributed by atoms with Crippen molar-refractivity contribution < 1.29 is 14.0 Å². The van der Waals surface area contributed by atoms with Crippen molar-refractivity contribution in [1.82, 2.24) is 15.5 Å². The molecule has 0 aliphatic carbocycles. The number of hydrogen-bond donors (Lipinski definition) is 2. The Labute approximate surface area is 155 Å². The molecule has 0 aromatic heterocycles. The van der Waals surface area contributed by atoms with E-state index in [1.165, 1.54) is 24.3 Å². The van der Waals surface area contributed by atoms with Crippen LogP contribution in [0.2, 0.25) is 0 Å². The van der Waals surface area contributed by atoms with Gasteiger partial charge in [0.15, 0.2) is 0 Å². The molecule has 0 radical (unpaired) electrons. The molecule has 2 rings (SSSR count). The molecule has 1 fully saturated rings. The van der Waals surface area contributed by atoms with Crippen molar-refractivity contribution in [3.8, 4) is 0 Å². The highest BCUT2D eigenvalue weighted by atomic mass is 19.1. The number of nitrogens with one attached hydrogen (secondary N) is 2. The molecule has 0 spiro atoms. The molecular formula is C20H30FN3O2. The van der Waals surface area contributed by atoms with Crippen LogP contribution in [0.4, 0.5) is 4.39 Å². The molecule has 6 heteroatoms. The first kappa shape index (κ1) is 20.4. The molecule has 1 saturated heterocycles. The monoisotopic (exact) mass is 363 g/mol. The molecule has 1 unspecified atom stereocenters. The molecule has 5 nitrogen and oxygen atoms in total. The second-order valence-electron chi connectivity index (χ2n) is 7.61. The number of piperidine rings is 1.